The van der Waals surface area contributed by atoms with Crippen LogP contribution in [0.3, 0.4) is 0 Å². The molecule has 5 nitrogen and oxygen atoms in total. The van der Waals surface area contributed by atoms with Crippen LogP contribution in [0, 0.1) is 11.8 Å². The summed E-state index contributed by atoms with van der Waals surface area (Å²) in [7, 11) is 0. The number of carbonyl (C=O) groups is 2. The lowest BCUT2D eigenvalue weighted by Crippen LogP contribution is -2.62. The van der Waals surface area contributed by atoms with Crippen LogP contribution in [0.15, 0.2) is 0 Å². The van der Waals surface area contributed by atoms with Gasteiger partial charge in [-0.1, -0.05) is 26.2 Å². The number of carbonyl (C=O) groups excluding carboxylic acids is 2. The summed E-state index contributed by atoms with van der Waals surface area (Å²) in [5.74, 6) is 0.548. The second-order valence-corrected chi connectivity index (χ2v) is 6.82. The van der Waals surface area contributed by atoms with Gasteiger partial charge in [0.05, 0.1) is 0 Å². The number of hydrogen-bond donors (Lipinski definition) is 2. The molecule has 23 heavy (non-hydrogen) atoms. The van der Waals surface area contributed by atoms with Gasteiger partial charge in [0.15, 0.2) is 0 Å². The zero-order chi connectivity index (χ0) is 16.2. The van der Waals surface area contributed by atoms with Gasteiger partial charge >= 0.3 is 0 Å². The number of halogens is 1. The third-order valence-electron chi connectivity index (χ3n) is 5.46. The van der Waals surface area contributed by atoms with Crippen molar-refractivity contribution in [1.82, 2.24) is 15.5 Å². The van der Waals surface area contributed by atoms with Gasteiger partial charge in [-0.3, -0.25) is 9.59 Å². The summed E-state index contributed by atoms with van der Waals surface area (Å²) in [5, 5.41) is 6.39. The standard InChI is InChI=1S/C17H31N3O2.ClH/c1-4-20(5-2)16(22)17(9-7-6-8-10-17)19-15(21)13(3)14-11-18-12-14;/h13-14,18H,4-12H2,1-3H3,(H,19,21);1H. The Morgan fingerprint density at radius 1 is 1.17 bits per heavy atom. The predicted molar refractivity (Wildman–Crippen MR) is 94.7 cm³/mol. The molecule has 0 aromatic carbocycles. The fraction of sp³-hybridized carbons (Fsp3) is 0.882. The third kappa shape index (κ3) is 4.38. The molecule has 1 aliphatic heterocycles. The van der Waals surface area contributed by atoms with Crippen LogP contribution in [0.2, 0.25) is 0 Å². The molecular weight excluding hydrogens is 314 g/mol. The lowest BCUT2D eigenvalue weighted by atomic mass is 9.79. The molecule has 1 aliphatic carbocycles. The highest BCUT2D eigenvalue weighted by molar-refractivity contribution is 5.92. The van der Waals surface area contributed by atoms with Crippen LogP contribution in [0.25, 0.3) is 0 Å². The van der Waals surface area contributed by atoms with E-state index in [1.165, 1.54) is 0 Å². The highest BCUT2D eigenvalue weighted by atomic mass is 35.5. The van der Waals surface area contributed by atoms with Crippen molar-refractivity contribution in [1.29, 1.82) is 0 Å². The van der Waals surface area contributed by atoms with Gasteiger partial charge in [-0.2, -0.15) is 0 Å². The summed E-state index contributed by atoms with van der Waals surface area (Å²) in [6, 6.07) is 0. The predicted octanol–water partition coefficient (Wildman–Crippen LogP) is 1.95. The Labute approximate surface area is 146 Å². The van der Waals surface area contributed by atoms with Crippen molar-refractivity contribution in [2.75, 3.05) is 26.2 Å². The van der Waals surface area contributed by atoms with Gasteiger partial charge in [-0.25, -0.2) is 0 Å². The number of likely N-dealkylation sites (N-methyl/N-ethyl adjacent to an activating group) is 1. The fourth-order valence-electron chi connectivity index (χ4n) is 3.59. The number of amides is 2. The molecule has 1 unspecified atom stereocenters. The Balaban J connectivity index is 0.00000264. The van der Waals surface area contributed by atoms with E-state index in [9.17, 15) is 9.59 Å². The van der Waals surface area contributed by atoms with Gasteiger partial charge in [0.2, 0.25) is 11.8 Å². The third-order valence-corrected chi connectivity index (χ3v) is 5.46. The molecule has 0 aromatic heterocycles. The first kappa shape index (κ1) is 20.2. The van der Waals surface area contributed by atoms with E-state index in [2.05, 4.69) is 10.6 Å². The Bertz CT molecular complexity index is 403. The van der Waals surface area contributed by atoms with Gasteiger partial charge in [0, 0.05) is 19.0 Å². The monoisotopic (exact) mass is 345 g/mol. The number of nitrogens with one attached hydrogen (secondary N) is 2. The molecule has 0 spiro atoms. The Morgan fingerprint density at radius 3 is 2.17 bits per heavy atom. The largest absolute Gasteiger partial charge is 0.341 e. The molecule has 2 N–H and O–H groups in total. The maximum absolute atomic E-state index is 13.0. The second kappa shape index (κ2) is 8.88. The van der Waals surface area contributed by atoms with Crippen LogP contribution in [-0.2, 0) is 9.59 Å². The van der Waals surface area contributed by atoms with Crippen LogP contribution in [0.1, 0.15) is 52.9 Å². The molecule has 0 bridgehead atoms. The minimum absolute atomic E-state index is 0. The summed E-state index contributed by atoms with van der Waals surface area (Å²) in [5.41, 5.74) is -0.660. The first-order chi connectivity index (χ1) is 10.5. The van der Waals surface area contributed by atoms with Crippen LogP contribution in [0.5, 0.6) is 0 Å². The first-order valence-corrected chi connectivity index (χ1v) is 8.86. The van der Waals surface area contributed by atoms with E-state index >= 15 is 0 Å². The second-order valence-electron chi connectivity index (χ2n) is 6.82. The molecule has 1 saturated carbocycles. The molecule has 2 fully saturated rings. The van der Waals surface area contributed by atoms with E-state index in [0.717, 1.165) is 45.2 Å². The van der Waals surface area contributed by atoms with E-state index < -0.39 is 5.54 Å². The van der Waals surface area contributed by atoms with E-state index in [1.807, 2.05) is 25.7 Å². The van der Waals surface area contributed by atoms with Crippen molar-refractivity contribution < 1.29 is 9.59 Å². The Hall–Kier alpha value is -0.810. The van der Waals surface area contributed by atoms with Gasteiger partial charge in [-0.15, -0.1) is 12.4 Å². The molecule has 2 amide bonds. The maximum atomic E-state index is 13.0. The summed E-state index contributed by atoms with van der Waals surface area (Å²) < 4.78 is 0. The minimum atomic E-state index is -0.660. The highest BCUT2D eigenvalue weighted by Gasteiger charge is 2.44. The average molecular weight is 346 g/mol. The Kier molecular flexibility index (Phi) is 7.81. The zero-order valence-corrected chi connectivity index (χ0v) is 15.5. The van der Waals surface area contributed by atoms with E-state index in [0.29, 0.717) is 19.0 Å². The molecule has 1 saturated heterocycles. The lowest BCUT2D eigenvalue weighted by molar-refractivity contribution is -0.144. The molecule has 0 aromatic rings. The molecular formula is C17H32ClN3O2. The van der Waals surface area contributed by atoms with Gasteiger partial charge in [0.1, 0.15) is 5.54 Å². The maximum Gasteiger partial charge on any atom is 0.248 e. The first-order valence-electron chi connectivity index (χ1n) is 8.86. The summed E-state index contributed by atoms with van der Waals surface area (Å²) in [4.78, 5) is 27.5. The summed E-state index contributed by atoms with van der Waals surface area (Å²) in [6.07, 6.45) is 4.76. The smallest absolute Gasteiger partial charge is 0.248 e. The highest BCUT2D eigenvalue weighted by Crippen LogP contribution is 2.31. The molecule has 134 valence electrons. The van der Waals surface area contributed by atoms with E-state index in [-0.39, 0.29) is 30.1 Å². The summed E-state index contributed by atoms with van der Waals surface area (Å²) >= 11 is 0. The van der Waals surface area contributed by atoms with Gasteiger partial charge < -0.3 is 15.5 Å². The van der Waals surface area contributed by atoms with E-state index in [4.69, 9.17) is 0 Å². The minimum Gasteiger partial charge on any atom is -0.341 e. The van der Waals surface area contributed by atoms with Crippen molar-refractivity contribution in [2.45, 2.75) is 58.4 Å². The molecule has 1 heterocycles. The molecule has 2 aliphatic rings. The van der Waals surface area contributed by atoms with E-state index in [1.54, 1.807) is 0 Å². The van der Waals surface area contributed by atoms with Crippen molar-refractivity contribution >= 4 is 24.2 Å². The topological polar surface area (TPSA) is 61.4 Å². The quantitative estimate of drug-likeness (QED) is 0.773. The van der Waals surface area contributed by atoms with Crippen molar-refractivity contribution in [3.63, 3.8) is 0 Å². The van der Waals surface area contributed by atoms with Crippen molar-refractivity contribution in [3.8, 4) is 0 Å². The average Bonchev–Trinajstić information content (AvgIpc) is 2.47. The van der Waals surface area contributed by atoms with Crippen molar-refractivity contribution in [2.24, 2.45) is 11.8 Å². The summed E-state index contributed by atoms with van der Waals surface area (Å²) in [6.45, 7) is 9.21. The SMILES string of the molecule is CCN(CC)C(=O)C1(NC(=O)C(C)C2CNC2)CCCCC1.Cl. The lowest BCUT2D eigenvalue weighted by Gasteiger charge is -2.41. The number of hydrogen-bond acceptors (Lipinski definition) is 3. The normalized spacial score (nSPS) is 21.5. The van der Waals surface area contributed by atoms with Crippen molar-refractivity contribution in [3.05, 3.63) is 0 Å². The fourth-order valence-corrected chi connectivity index (χ4v) is 3.59. The molecule has 1 atom stereocenters. The Morgan fingerprint density at radius 2 is 1.74 bits per heavy atom. The van der Waals surface area contributed by atoms with Crippen LogP contribution < -0.4 is 10.6 Å². The number of rotatable bonds is 6. The van der Waals surface area contributed by atoms with Gasteiger partial charge in [0.25, 0.3) is 0 Å². The van der Waals surface area contributed by atoms with Crippen LogP contribution >= 0.6 is 12.4 Å². The van der Waals surface area contributed by atoms with Gasteiger partial charge in [-0.05, 0) is 45.7 Å². The number of nitrogens with zero attached hydrogens (tertiary/aromatic N) is 1. The van der Waals surface area contributed by atoms with Crippen LogP contribution in [0.4, 0.5) is 0 Å². The molecule has 0 radical (unpaired) electrons. The molecule has 6 heteroatoms. The van der Waals surface area contributed by atoms with Crippen LogP contribution in [-0.4, -0.2) is 48.4 Å². The zero-order valence-electron chi connectivity index (χ0n) is 14.7. The molecule has 2 rings (SSSR count).